The molecule has 2 aliphatic carbocycles. The fraction of sp³-hybridized carbons (Fsp3) is 0.500. The van der Waals surface area contributed by atoms with E-state index < -0.39 is 29.0 Å². The van der Waals surface area contributed by atoms with Gasteiger partial charge >= 0.3 is 29.0 Å². The molecule has 0 aromatic heterocycles. The molecule has 0 aromatic carbocycles. The van der Waals surface area contributed by atoms with Crippen LogP contribution in [0, 0.1) is 0 Å². The molecule has 0 unspecified atom stereocenters. The van der Waals surface area contributed by atoms with Crippen molar-refractivity contribution in [2.45, 2.75) is 51.4 Å². The van der Waals surface area contributed by atoms with E-state index in [2.05, 4.69) is 48.6 Å². The smallest absolute Gasteiger partial charge is 0.418 e. The van der Waals surface area contributed by atoms with Crippen LogP contribution in [0.4, 0.5) is 69.1 Å². The number of hydrogen-bond acceptors (Lipinski definition) is 0. The Labute approximate surface area is 218 Å². The van der Waals surface area contributed by atoms with Gasteiger partial charge in [-0.2, -0.15) is 0 Å². The molecule has 225 valence electrons. The van der Waals surface area contributed by atoms with E-state index in [0.29, 0.717) is 0 Å². The third-order valence-electron chi connectivity index (χ3n) is 2.67. The molecule has 2 aliphatic rings. The van der Waals surface area contributed by atoms with E-state index in [9.17, 15) is 69.1 Å². The molecule has 0 saturated heterocycles. The van der Waals surface area contributed by atoms with Crippen LogP contribution in [0.2, 0.25) is 0 Å². The molecule has 0 aromatic rings. The Morgan fingerprint density at radius 1 is 0.243 bits per heavy atom. The summed E-state index contributed by atoms with van der Waals surface area (Å²) in [6, 6.07) is 0. The van der Waals surface area contributed by atoms with Crippen molar-refractivity contribution in [3.05, 3.63) is 48.6 Å². The van der Waals surface area contributed by atoms with Gasteiger partial charge in [-0.05, 0) is 51.4 Å². The molecule has 1 radical (unpaired) electrons. The molecule has 0 fully saturated rings. The summed E-state index contributed by atoms with van der Waals surface area (Å²) in [6.45, 7) is 0. The van der Waals surface area contributed by atoms with Gasteiger partial charge in [0.2, 0.25) is 0 Å². The minimum absolute atomic E-state index is 0. The van der Waals surface area contributed by atoms with Crippen LogP contribution in [-0.4, -0.2) is 29.0 Å². The Balaban J connectivity index is -0.000000112. The topological polar surface area (TPSA) is 0 Å². The minimum Gasteiger partial charge on any atom is -0.418 e. The average molecular weight is 756 g/mol. The van der Waals surface area contributed by atoms with Gasteiger partial charge in [-0.1, -0.05) is 48.6 Å². The first-order valence-electron chi connectivity index (χ1n) is 10.1. The Morgan fingerprint density at radius 2 is 0.297 bits per heavy atom. The van der Waals surface area contributed by atoms with Crippen LogP contribution in [0.5, 0.6) is 0 Å². The average Bonchev–Trinajstić information content (AvgIpc) is 2.47. The zero-order chi connectivity index (χ0) is 29.3. The standard InChI is InChI=1S/2C8H12.4BF4.Ir/c2*1-2-4-6-8-7-5-3-1;4*2-1(3,4)5;/h2*1-2,7-8H,3-6H2;;;;;/q;;4*-1;/b2*2-1-,8-7?;;;;;. The molecule has 2 rings (SSSR count). The van der Waals surface area contributed by atoms with Crippen molar-refractivity contribution in [1.82, 2.24) is 0 Å². The first-order valence-corrected chi connectivity index (χ1v) is 10.1. The van der Waals surface area contributed by atoms with E-state index in [1.807, 2.05) is 0 Å². The first-order chi connectivity index (χ1) is 16.0. The van der Waals surface area contributed by atoms with Crippen LogP contribution in [0.15, 0.2) is 48.6 Å². The first kappa shape index (κ1) is 45.7. The summed E-state index contributed by atoms with van der Waals surface area (Å²) < 4.78 is 156. The summed E-state index contributed by atoms with van der Waals surface area (Å²) in [5.41, 5.74) is 0. The van der Waals surface area contributed by atoms with E-state index >= 15 is 0 Å². The Bertz CT molecular complexity index is 444. The zero-order valence-corrected chi connectivity index (χ0v) is 21.4. The number of rotatable bonds is 0. The van der Waals surface area contributed by atoms with Gasteiger partial charge in [0.25, 0.3) is 0 Å². The quantitative estimate of drug-likeness (QED) is 0.131. The van der Waals surface area contributed by atoms with Crippen molar-refractivity contribution in [3.63, 3.8) is 0 Å². The molecule has 0 spiro atoms. The summed E-state index contributed by atoms with van der Waals surface area (Å²) in [7, 11) is -24.0. The summed E-state index contributed by atoms with van der Waals surface area (Å²) in [5, 5.41) is 0. The molecule has 0 atom stereocenters. The van der Waals surface area contributed by atoms with E-state index in [4.69, 9.17) is 0 Å². The van der Waals surface area contributed by atoms with Gasteiger partial charge in [0.15, 0.2) is 0 Å². The molecule has 0 N–H and O–H groups in total. The maximum absolute atomic E-state index is 9.75. The SMILES string of the molecule is C1=CCC/C=C\CC1.C1=CCC/C=C\CC1.F[B-](F)(F)F.F[B-](F)(F)F.F[B-](F)(F)F.F[B-](F)(F)F.[Ir]. The van der Waals surface area contributed by atoms with Gasteiger partial charge in [-0.15, -0.1) is 0 Å². The van der Waals surface area contributed by atoms with Gasteiger partial charge in [0, 0.05) is 20.1 Å². The normalized spacial score (nSPS) is 16.9. The molecule has 0 heterocycles. The van der Waals surface area contributed by atoms with E-state index in [0.717, 1.165) is 0 Å². The van der Waals surface area contributed by atoms with E-state index in [1.54, 1.807) is 0 Å². The Morgan fingerprint density at radius 3 is 0.351 bits per heavy atom. The Hall–Kier alpha value is -1.25. The van der Waals surface area contributed by atoms with Crippen LogP contribution in [0.25, 0.3) is 0 Å². The third kappa shape index (κ3) is 171. The van der Waals surface area contributed by atoms with Gasteiger partial charge in [0.05, 0.1) is 0 Å². The molecule has 0 nitrogen and oxygen atoms in total. The fourth-order valence-corrected chi connectivity index (χ4v) is 1.71. The van der Waals surface area contributed by atoms with Crippen LogP contribution >= 0.6 is 0 Å². The van der Waals surface area contributed by atoms with Gasteiger partial charge in [-0.3, -0.25) is 0 Å². The second-order valence-electron chi connectivity index (χ2n) is 6.17. The second kappa shape index (κ2) is 26.4. The maximum atomic E-state index is 9.75. The summed E-state index contributed by atoms with van der Waals surface area (Å²) in [6.07, 6.45) is 28.0. The summed E-state index contributed by atoms with van der Waals surface area (Å²) in [4.78, 5) is 0. The molecular weight excluding hydrogens is 732 g/mol. The van der Waals surface area contributed by atoms with Crippen LogP contribution in [-0.2, 0) is 20.1 Å². The molecule has 0 aliphatic heterocycles. The van der Waals surface area contributed by atoms with Crippen LogP contribution in [0.3, 0.4) is 0 Å². The van der Waals surface area contributed by atoms with Crippen LogP contribution in [0.1, 0.15) is 51.4 Å². The predicted octanol–water partition coefficient (Wildman–Crippen LogP) is 10.5. The second-order valence-corrected chi connectivity index (χ2v) is 6.17. The van der Waals surface area contributed by atoms with Crippen molar-refractivity contribution < 1.29 is 89.2 Å². The molecule has 0 bridgehead atoms. The number of halogens is 16. The monoisotopic (exact) mass is 757 g/mol. The molecule has 37 heavy (non-hydrogen) atoms. The maximum Gasteiger partial charge on any atom is 0.673 e. The van der Waals surface area contributed by atoms with E-state index in [1.165, 1.54) is 51.4 Å². The van der Waals surface area contributed by atoms with Crippen molar-refractivity contribution in [3.8, 4) is 0 Å². The zero-order valence-electron chi connectivity index (χ0n) is 19.0. The van der Waals surface area contributed by atoms with Crippen molar-refractivity contribution in [2.24, 2.45) is 0 Å². The molecule has 0 saturated carbocycles. The number of hydrogen-bond donors (Lipinski definition) is 0. The molecule has 21 heteroatoms. The summed E-state index contributed by atoms with van der Waals surface area (Å²) >= 11 is 0. The van der Waals surface area contributed by atoms with Crippen molar-refractivity contribution >= 4 is 29.0 Å². The van der Waals surface area contributed by atoms with Crippen LogP contribution < -0.4 is 0 Å². The van der Waals surface area contributed by atoms with Gasteiger partial charge in [-0.25, -0.2) is 0 Å². The summed E-state index contributed by atoms with van der Waals surface area (Å²) in [5.74, 6) is 0. The largest absolute Gasteiger partial charge is 0.673 e. The predicted molar refractivity (Wildman–Crippen MR) is 114 cm³/mol. The van der Waals surface area contributed by atoms with Crippen molar-refractivity contribution in [2.75, 3.05) is 0 Å². The molecule has 0 amide bonds. The Kier molecular flexibility index (Phi) is 32.5. The number of allylic oxidation sites excluding steroid dienone is 8. The van der Waals surface area contributed by atoms with Gasteiger partial charge < -0.3 is 69.1 Å². The van der Waals surface area contributed by atoms with E-state index in [-0.39, 0.29) is 20.1 Å². The van der Waals surface area contributed by atoms with Crippen molar-refractivity contribution in [1.29, 1.82) is 0 Å². The molecular formula is C16H24B4F16Ir-4. The minimum atomic E-state index is -6.00. The van der Waals surface area contributed by atoms with Gasteiger partial charge in [0.1, 0.15) is 0 Å². The fourth-order valence-electron chi connectivity index (χ4n) is 1.71. The third-order valence-corrected chi connectivity index (χ3v) is 2.67.